The number of esters is 1. The summed E-state index contributed by atoms with van der Waals surface area (Å²) in [6, 6.07) is -0.387. The molecule has 42 heavy (non-hydrogen) atoms. The first-order valence-corrected chi connectivity index (χ1v) is 16.0. The van der Waals surface area contributed by atoms with E-state index in [1.165, 1.54) is 0 Å². The van der Waals surface area contributed by atoms with Crippen molar-refractivity contribution in [3.8, 4) is 0 Å². The number of fused-ring (bicyclic) bond motifs is 5. The molecule has 4 saturated carbocycles. The van der Waals surface area contributed by atoms with Gasteiger partial charge in [-0.05, 0) is 65.2 Å². The van der Waals surface area contributed by atoms with Crippen molar-refractivity contribution in [2.45, 2.75) is 138 Å². The molecule has 7 unspecified atom stereocenters. The summed E-state index contributed by atoms with van der Waals surface area (Å²) >= 11 is 0. The lowest BCUT2D eigenvalue weighted by Crippen LogP contribution is -2.85. The number of hydrogen-bond donors (Lipinski definition) is 6. The lowest BCUT2D eigenvalue weighted by molar-refractivity contribution is -0.354. The van der Waals surface area contributed by atoms with Crippen molar-refractivity contribution in [1.29, 1.82) is 0 Å². The van der Waals surface area contributed by atoms with E-state index >= 15 is 0 Å². The number of carbonyl (C=O) groups is 1. The Balaban J connectivity index is 1.32. The minimum absolute atomic E-state index is 0.0606. The Hall–Kier alpha value is -1.11. The van der Waals surface area contributed by atoms with E-state index in [0.717, 1.165) is 6.42 Å². The maximum absolute atomic E-state index is 12.9. The third kappa shape index (κ3) is 3.07. The predicted molar refractivity (Wildman–Crippen MR) is 150 cm³/mol. The quantitative estimate of drug-likeness (QED) is 0.202. The van der Waals surface area contributed by atoms with Crippen LogP contribution in [-0.2, 0) is 14.3 Å². The first-order valence-electron chi connectivity index (χ1n) is 16.0. The molecule has 3 saturated heterocycles. The van der Waals surface area contributed by atoms with Crippen LogP contribution >= 0.6 is 0 Å². The molecule has 10 heteroatoms. The fourth-order valence-corrected chi connectivity index (χ4v) is 11.8. The maximum Gasteiger partial charge on any atom is 0.333 e. The molecule has 10 nitrogen and oxygen atoms in total. The number of aliphatic hydroxyl groups is 6. The molecule has 14 atom stereocenters. The summed E-state index contributed by atoms with van der Waals surface area (Å²) in [4.78, 5) is 14.9. The summed E-state index contributed by atoms with van der Waals surface area (Å²) in [7, 11) is 0. The molecule has 4 bridgehead atoms. The van der Waals surface area contributed by atoms with Crippen LogP contribution in [0.5, 0.6) is 0 Å². The summed E-state index contributed by atoms with van der Waals surface area (Å²) in [6.45, 7) is 10.1. The van der Waals surface area contributed by atoms with Gasteiger partial charge in [0.15, 0.2) is 6.10 Å². The molecule has 7 aliphatic rings. The van der Waals surface area contributed by atoms with Gasteiger partial charge in [-0.2, -0.15) is 0 Å². The highest BCUT2D eigenvalue weighted by Crippen LogP contribution is 2.78. The van der Waals surface area contributed by atoms with Crippen LogP contribution < -0.4 is 0 Å². The Morgan fingerprint density at radius 3 is 2.33 bits per heavy atom. The molecule has 7 fully saturated rings. The van der Waals surface area contributed by atoms with Gasteiger partial charge in [-0.25, -0.2) is 4.79 Å². The number of piperidine rings is 2. The maximum atomic E-state index is 12.9. The molecule has 0 aromatic rings. The summed E-state index contributed by atoms with van der Waals surface area (Å²) in [5.74, 6) is -4.05. The van der Waals surface area contributed by atoms with Crippen LogP contribution in [0, 0.1) is 29.1 Å². The smallest absolute Gasteiger partial charge is 0.333 e. The molecular formula is C32H49NO9. The number of ether oxygens (including phenoxy) is 2. The van der Waals surface area contributed by atoms with Crippen LogP contribution in [0.15, 0.2) is 11.6 Å². The zero-order valence-electron chi connectivity index (χ0n) is 25.5. The topological polar surface area (TPSA) is 160 Å². The number of hydrogen-bond acceptors (Lipinski definition) is 10. The van der Waals surface area contributed by atoms with Crippen LogP contribution in [0.4, 0.5) is 0 Å². The molecule has 3 aliphatic heterocycles. The average Bonchev–Trinajstić information content (AvgIpc) is 3.09. The Kier molecular flexibility index (Phi) is 6.04. The molecule has 0 aromatic carbocycles. The van der Waals surface area contributed by atoms with Crippen molar-refractivity contribution < 1.29 is 44.9 Å². The van der Waals surface area contributed by atoms with Crippen LogP contribution in [0.1, 0.15) is 86.0 Å². The first-order chi connectivity index (χ1) is 19.5. The van der Waals surface area contributed by atoms with Gasteiger partial charge in [0.25, 0.3) is 0 Å². The largest absolute Gasteiger partial charge is 0.453 e. The van der Waals surface area contributed by atoms with E-state index in [2.05, 4.69) is 11.8 Å². The van der Waals surface area contributed by atoms with E-state index in [1.807, 2.05) is 6.92 Å². The molecule has 0 radical (unpaired) electrons. The van der Waals surface area contributed by atoms with E-state index in [4.69, 9.17) is 9.47 Å². The highest BCUT2D eigenvalue weighted by molar-refractivity contribution is 5.87. The lowest BCUT2D eigenvalue weighted by Gasteiger charge is -2.68. The lowest BCUT2D eigenvalue weighted by atomic mass is 9.49. The second-order valence-corrected chi connectivity index (χ2v) is 15.7. The Morgan fingerprint density at radius 2 is 1.64 bits per heavy atom. The number of rotatable bonds is 2. The van der Waals surface area contributed by atoms with Gasteiger partial charge in [0, 0.05) is 60.7 Å². The third-order valence-electron chi connectivity index (χ3n) is 14.1. The number of nitrogens with zero attached hydrogens (tertiary/aromatic N) is 1. The van der Waals surface area contributed by atoms with Gasteiger partial charge >= 0.3 is 5.97 Å². The van der Waals surface area contributed by atoms with Gasteiger partial charge in [0.2, 0.25) is 5.79 Å². The van der Waals surface area contributed by atoms with Crippen molar-refractivity contribution in [3.63, 3.8) is 0 Å². The van der Waals surface area contributed by atoms with Crippen LogP contribution in [0.3, 0.4) is 0 Å². The van der Waals surface area contributed by atoms with E-state index in [9.17, 15) is 35.4 Å². The molecule has 4 aliphatic carbocycles. The predicted octanol–water partition coefficient (Wildman–Crippen LogP) is 0.991. The third-order valence-corrected chi connectivity index (χ3v) is 14.1. The normalized spacial score (nSPS) is 60.3. The van der Waals surface area contributed by atoms with Gasteiger partial charge in [-0.15, -0.1) is 0 Å². The second-order valence-electron chi connectivity index (χ2n) is 15.7. The first kappa shape index (κ1) is 29.6. The summed E-state index contributed by atoms with van der Waals surface area (Å²) < 4.78 is 12.6. The standard InChI is InChI=1S/C32H49NO9/c1-6-18(3)25(35)41-24-11-12-26(4)19-8-9-20-28(37)13-23(34)31(39)21(29(28,38)16-30(20,26)42-32(19,24)40)15-33-14-17(2)7-10-22(33)27(31,5)36/h6,17,19-24,34,36-40H,7-16H2,1-5H3/b18-6-/t17?,19?,20?,21?,22?,23?,24?,26-,27+,28-,29-,30+,31-,32+/m1/s1. The zero-order chi connectivity index (χ0) is 30.5. The minimum Gasteiger partial charge on any atom is -0.453 e. The number of aliphatic hydroxyl groups excluding tert-OH is 1. The van der Waals surface area contributed by atoms with Gasteiger partial charge in [-0.1, -0.05) is 19.9 Å². The highest BCUT2D eigenvalue weighted by Gasteiger charge is 2.88. The van der Waals surface area contributed by atoms with Gasteiger partial charge < -0.3 is 40.1 Å². The fraction of sp³-hybridized carbons (Fsp3) is 0.906. The van der Waals surface area contributed by atoms with Gasteiger partial charge in [-0.3, -0.25) is 4.90 Å². The fourth-order valence-electron chi connectivity index (χ4n) is 11.8. The van der Waals surface area contributed by atoms with Crippen molar-refractivity contribution in [2.24, 2.45) is 29.1 Å². The second kappa shape index (κ2) is 8.57. The SMILES string of the molecule is C/C=C(/C)C(=O)OC1CC[C@]2(C)C3CCC4[C@]5(O)CC(O)[C@]6(O)C(CN7CC(C)CCC7[C@]6(C)O)[C@]5(O)C[C@]42O[C@]13O. The molecule has 7 rings (SSSR count). The number of carbonyl (C=O) groups excluding carboxylic acids is 1. The average molecular weight is 592 g/mol. The monoisotopic (exact) mass is 591 g/mol. The molecular weight excluding hydrogens is 542 g/mol. The van der Waals surface area contributed by atoms with Crippen LogP contribution in [0.2, 0.25) is 0 Å². The van der Waals surface area contributed by atoms with Crippen molar-refractivity contribution >= 4 is 5.97 Å². The zero-order valence-corrected chi connectivity index (χ0v) is 25.5. The van der Waals surface area contributed by atoms with E-state index in [0.29, 0.717) is 50.1 Å². The van der Waals surface area contributed by atoms with Gasteiger partial charge in [0.05, 0.1) is 11.7 Å². The van der Waals surface area contributed by atoms with Crippen molar-refractivity contribution in [3.05, 3.63) is 11.6 Å². The molecule has 0 aromatic heterocycles. The van der Waals surface area contributed by atoms with Crippen molar-refractivity contribution in [1.82, 2.24) is 4.90 Å². The summed E-state index contributed by atoms with van der Waals surface area (Å²) in [6.07, 6.45) is 2.30. The summed E-state index contributed by atoms with van der Waals surface area (Å²) in [5.41, 5.74) is -8.96. The van der Waals surface area contributed by atoms with E-state index in [1.54, 1.807) is 26.8 Å². The summed E-state index contributed by atoms with van der Waals surface area (Å²) in [5, 5.41) is 73.9. The Labute approximate surface area is 247 Å². The molecule has 1 spiro atoms. The molecule has 236 valence electrons. The highest BCUT2D eigenvalue weighted by atomic mass is 16.7. The Morgan fingerprint density at radius 1 is 0.952 bits per heavy atom. The minimum atomic E-state index is -2.06. The molecule has 0 amide bonds. The Bertz CT molecular complexity index is 1220. The molecule has 3 heterocycles. The van der Waals surface area contributed by atoms with Crippen LogP contribution in [-0.4, -0.2) is 107 Å². The van der Waals surface area contributed by atoms with Crippen LogP contribution in [0.25, 0.3) is 0 Å². The number of allylic oxidation sites excluding steroid dienone is 1. The molecule has 6 N–H and O–H groups in total. The van der Waals surface area contributed by atoms with Crippen molar-refractivity contribution in [2.75, 3.05) is 13.1 Å². The van der Waals surface area contributed by atoms with E-state index < -0.39 is 75.1 Å². The van der Waals surface area contributed by atoms with E-state index in [-0.39, 0.29) is 25.4 Å². The van der Waals surface area contributed by atoms with Gasteiger partial charge in [0.1, 0.15) is 22.4 Å².